The van der Waals surface area contributed by atoms with E-state index in [4.69, 9.17) is 4.74 Å². The highest BCUT2D eigenvalue weighted by Gasteiger charge is 2.30. The Morgan fingerprint density at radius 3 is 2.22 bits per heavy atom. The van der Waals surface area contributed by atoms with E-state index in [0.29, 0.717) is 5.56 Å². The lowest BCUT2D eigenvalue weighted by atomic mass is 9.97. The molecule has 0 aliphatic heterocycles. The summed E-state index contributed by atoms with van der Waals surface area (Å²) in [5.41, 5.74) is 0.873. The van der Waals surface area contributed by atoms with Gasteiger partial charge in [0.1, 0.15) is 6.61 Å². The summed E-state index contributed by atoms with van der Waals surface area (Å²) in [4.78, 5) is 11.8. The van der Waals surface area contributed by atoms with E-state index >= 15 is 0 Å². The maximum absolute atomic E-state index is 12.5. The van der Waals surface area contributed by atoms with Crippen LogP contribution in [0.15, 0.2) is 54.6 Å². The van der Waals surface area contributed by atoms with Gasteiger partial charge in [-0.15, -0.1) is 0 Å². The maximum atomic E-state index is 12.5. The van der Waals surface area contributed by atoms with Crippen molar-refractivity contribution >= 4 is 5.97 Å². The van der Waals surface area contributed by atoms with Crippen molar-refractivity contribution in [2.75, 3.05) is 0 Å². The number of benzene rings is 2. The van der Waals surface area contributed by atoms with Gasteiger partial charge in [-0.05, 0) is 29.2 Å². The van der Waals surface area contributed by atoms with Gasteiger partial charge in [0.2, 0.25) is 0 Å². The van der Waals surface area contributed by atoms with E-state index in [-0.39, 0.29) is 24.9 Å². The van der Waals surface area contributed by atoms with Crippen molar-refractivity contribution < 1.29 is 22.7 Å². The SMILES string of the molecule is CC(CC(=O)OCc1ccccc1)c1ccc(C(F)(F)F)cc1. The lowest BCUT2D eigenvalue weighted by molar-refractivity contribution is -0.145. The molecular weight excluding hydrogens is 305 g/mol. The van der Waals surface area contributed by atoms with Crippen LogP contribution in [0.4, 0.5) is 13.2 Å². The van der Waals surface area contributed by atoms with Gasteiger partial charge in [-0.25, -0.2) is 0 Å². The van der Waals surface area contributed by atoms with Gasteiger partial charge in [0.25, 0.3) is 0 Å². The number of hydrogen-bond acceptors (Lipinski definition) is 2. The van der Waals surface area contributed by atoms with E-state index in [0.717, 1.165) is 17.7 Å². The van der Waals surface area contributed by atoms with Gasteiger partial charge in [0.05, 0.1) is 12.0 Å². The van der Waals surface area contributed by atoms with Crippen LogP contribution in [0, 0.1) is 0 Å². The summed E-state index contributed by atoms with van der Waals surface area (Å²) in [5.74, 6) is -0.582. The highest BCUT2D eigenvalue weighted by Crippen LogP contribution is 2.30. The smallest absolute Gasteiger partial charge is 0.416 e. The van der Waals surface area contributed by atoms with Crippen molar-refractivity contribution in [3.8, 4) is 0 Å². The van der Waals surface area contributed by atoms with Crippen LogP contribution in [0.25, 0.3) is 0 Å². The Hall–Kier alpha value is -2.30. The van der Waals surface area contributed by atoms with Gasteiger partial charge in [0.15, 0.2) is 0 Å². The second-order valence-corrected chi connectivity index (χ2v) is 5.37. The molecule has 0 spiro atoms. The molecule has 2 aromatic rings. The van der Waals surface area contributed by atoms with E-state index < -0.39 is 11.7 Å². The number of esters is 1. The third-order valence-electron chi connectivity index (χ3n) is 3.52. The predicted molar refractivity (Wildman–Crippen MR) is 80.7 cm³/mol. The van der Waals surface area contributed by atoms with Gasteiger partial charge in [-0.1, -0.05) is 49.4 Å². The first kappa shape index (κ1) is 17.1. The number of carbonyl (C=O) groups is 1. The number of ether oxygens (including phenoxy) is 1. The van der Waals surface area contributed by atoms with Crippen LogP contribution in [0.1, 0.15) is 36.0 Å². The number of alkyl halides is 3. The zero-order valence-corrected chi connectivity index (χ0v) is 12.6. The fourth-order valence-electron chi connectivity index (χ4n) is 2.17. The largest absolute Gasteiger partial charge is 0.461 e. The first-order valence-electron chi connectivity index (χ1n) is 7.23. The molecule has 0 heterocycles. The summed E-state index contributed by atoms with van der Waals surface area (Å²) in [6.07, 6.45) is -4.23. The van der Waals surface area contributed by atoms with Crippen LogP contribution >= 0.6 is 0 Å². The van der Waals surface area contributed by atoms with Crippen LogP contribution in [0.3, 0.4) is 0 Å². The summed E-state index contributed by atoms with van der Waals surface area (Å²) in [7, 11) is 0. The number of halogens is 3. The number of carbonyl (C=O) groups excluding carboxylic acids is 1. The molecule has 0 saturated heterocycles. The summed E-state index contributed by atoms with van der Waals surface area (Å²) < 4.78 is 42.7. The highest BCUT2D eigenvalue weighted by atomic mass is 19.4. The Balaban J connectivity index is 1.88. The Labute approximate surface area is 132 Å². The standard InChI is InChI=1S/C18H17F3O2/c1-13(15-7-9-16(10-8-15)18(19,20)21)11-17(22)23-12-14-5-3-2-4-6-14/h2-10,13H,11-12H2,1H3. The summed E-state index contributed by atoms with van der Waals surface area (Å²) in [6, 6.07) is 14.2. The van der Waals surface area contributed by atoms with E-state index in [1.165, 1.54) is 12.1 Å². The topological polar surface area (TPSA) is 26.3 Å². The Morgan fingerprint density at radius 1 is 1.04 bits per heavy atom. The van der Waals surface area contributed by atoms with Gasteiger partial charge in [0, 0.05) is 0 Å². The van der Waals surface area contributed by atoms with Gasteiger partial charge in [-0.2, -0.15) is 13.2 Å². The molecule has 2 rings (SSSR count). The second kappa shape index (κ2) is 7.31. The summed E-state index contributed by atoms with van der Waals surface area (Å²) in [5, 5.41) is 0. The van der Waals surface area contributed by atoms with Crippen molar-refractivity contribution in [1.82, 2.24) is 0 Å². The average Bonchev–Trinajstić information content (AvgIpc) is 2.53. The lowest BCUT2D eigenvalue weighted by Crippen LogP contribution is -2.09. The molecule has 0 fully saturated rings. The van der Waals surface area contributed by atoms with E-state index in [1.807, 2.05) is 30.3 Å². The Bertz CT molecular complexity index is 634. The van der Waals surface area contributed by atoms with Crippen molar-refractivity contribution in [1.29, 1.82) is 0 Å². The molecule has 5 heteroatoms. The lowest BCUT2D eigenvalue weighted by Gasteiger charge is -2.13. The second-order valence-electron chi connectivity index (χ2n) is 5.37. The molecule has 0 bridgehead atoms. The third kappa shape index (κ3) is 5.13. The van der Waals surface area contributed by atoms with Crippen LogP contribution in [0.2, 0.25) is 0 Å². The normalized spacial score (nSPS) is 12.7. The predicted octanol–water partition coefficient (Wildman–Crippen LogP) is 4.94. The van der Waals surface area contributed by atoms with Crippen LogP contribution < -0.4 is 0 Å². The van der Waals surface area contributed by atoms with Crippen molar-refractivity contribution in [2.45, 2.75) is 32.0 Å². The monoisotopic (exact) mass is 322 g/mol. The first-order chi connectivity index (χ1) is 10.9. The summed E-state index contributed by atoms with van der Waals surface area (Å²) in [6.45, 7) is 1.98. The molecule has 2 nitrogen and oxygen atoms in total. The fourth-order valence-corrected chi connectivity index (χ4v) is 2.17. The maximum Gasteiger partial charge on any atom is 0.416 e. The quantitative estimate of drug-likeness (QED) is 0.729. The average molecular weight is 322 g/mol. The number of hydrogen-bond donors (Lipinski definition) is 0. The zero-order valence-electron chi connectivity index (χ0n) is 12.6. The molecule has 0 radical (unpaired) electrons. The highest BCUT2D eigenvalue weighted by molar-refractivity contribution is 5.70. The van der Waals surface area contributed by atoms with Crippen molar-refractivity contribution in [3.63, 3.8) is 0 Å². The third-order valence-corrected chi connectivity index (χ3v) is 3.52. The molecule has 0 aromatic heterocycles. The molecule has 122 valence electrons. The molecule has 1 atom stereocenters. The molecule has 23 heavy (non-hydrogen) atoms. The molecule has 2 aromatic carbocycles. The molecular formula is C18H17F3O2. The molecule has 0 aliphatic rings. The minimum absolute atomic E-state index is 0.123. The Kier molecular flexibility index (Phi) is 5.42. The molecule has 0 aliphatic carbocycles. The van der Waals surface area contributed by atoms with Gasteiger partial charge >= 0.3 is 12.1 Å². The Morgan fingerprint density at radius 2 is 1.65 bits per heavy atom. The minimum atomic E-state index is -4.35. The van der Waals surface area contributed by atoms with Crippen LogP contribution in [0.5, 0.6) is 0 Å². The number of rotatable bonds is 5. The summed E-state index contributed by atoms with van der Waals surface area (Å²) >= 11 is 0. The fraction of sp³-hybridized carbons (Fsp3) is 0.278. The van der Waals surface area contributed by atoms with E-state index in [2.05, 4.69) is 0 Å². The van der Waals surface area contributed by atoms with Gasteiger partial charge in [-0.3, -0.25) is 4.79 Å². The van der Waals surface area contributed by atoms with Crippen molar-refractivity contribution in [3.05, 3.63) is 71.3 Å². The van der Waals surface area contributed by atoms with Crippen LogP contribution in [-0.4, -0.2) is 5.97 Å². The van der Waals surface area contributed by atoms with Crippen molar-refractivity contribution in [2.24, 2.45) is 0 Å². The molecule has 0 saturated carbocycles. The first-order valence-corrected chi connectivity index (χ1v) is 7.23. The van der Waals surface area contributed by atoms with Gasteiger partial charge < -0.3 is 4.74 Å². The molecule has 1 unspecified atom stereocenters. The molecule has 0 amide bonds. The molecule has 0 N–H and O–H groups in total. The zero-order chi connectivity index (χ0) is 16.9. The van der Waals surface area contributed by atoms with Crippen LogP contribution in [-0.2, 0) is 22.3 Å². The van der Waals surface area contributed by atoms with E-state index in [9.17, 15) is 18.0 Å². The minimum Gasteiger partial charge on any atom is -0.461 e. The van der Waals surface area contributed by atoms with E-state index in [1.54, 1.807) is 6.92 Å².